The van der Waals surface area contributed by atoms with Crippen LogP contribution in [0.25, 0.3) is 0 Å². The Hall–Kier alpha value is -2.46. The average molecular weight is 216 g/mol. The summed E-state index contributed by atoms with van der Waals surface area (Å²) in [6, 6.07) is 0. The van der Waals surface area contributed by atoms with Gasteiger partial charge in [0.2, 0.25) is 0 Å². The highest BCUT2D eigenvalue weighted by molar-refractivity contribution is 5.60. The smallest absolute Gasteiger partial charge is 0.240 e. The van der Waals surface area contributed by atoms with E-state index >= 15 is 0 Å². The molecule has 15 heavy (non-hydrogen) atoms. The molecular weight excluding hydrogens is 212 g/mol. The van der Waals surface area contributed by atoms with Crippen LogP contribution in [-0.2, 0) is 0 Å². The van der Waals surface area contributed by atoms with Gasteiger partial charge in [-0.3, -0.25) is 0 Å². The van der Waals surface area contributed by atoms with Crippen molar-refractivity contribution in [2.45, 2.75) is 0 Å². The number of nitrogens with zero attached hydrogens (tertiary/aromatic N) is 6. The first kappa shape index (κ1) is 9.11. The van der Waals surface area contributed by atoms with E-state index in [4.69, 9.17) is 0 Å². The zero-order valence-corrected chi connectivity index (χ0v) is 7.14. The molecule has 0 amide bonds. The zero-order valence-electron chi connectivity index (χ0n) is 7.14. The summed E-state index contributed by atoms with van der Waals surface area (Å²) in [5.74, 6) is -0.522. The van der Waals surface area contributed by atoms with E-state index in [1.165, 1.54) is 0 Å². The molecule has 0 saturated carbocycles. The lowest BCUT2D eigenvalue weighted by Crippen LogP contribution is -2.46. The van der Waals surface area contributed by atoms with Gasteiger partial charge in [0.1, 0.15) is 13.1 Å². The third-order valence-corrected chi connectivity index (χ3v) is 1.86. The van der Waals surface area contributed by atoms with E-state index in [1.54, 1.807) is 0 Å². The maximum atomic E-state index is 10.5. The highest BCUT2D eigenvalue weighted by Crippen LogP contribution is 2.28. The first-order valence-electron chi connectivity index (χ1n) is 3.77. The van der Waals surface area contributed by atoms with Crippen molar-refractivity contribution in [1.29, 1.82) is 0 Å². The second-order valence-corrected chi connectivity index (χ2v) is 2.63. The quantitative estimate of drug-likeness (QED) is 0.454. The summed E-state index contributed by atoms with van der Waals surface area (Å²) in [7, 11) is 0. The molecule has 0 spiro atoms. The second-order valence-electron chi connectivity index (χ2n) is 2.63. The first-order chi connectivity index (χ1) is 7.11. The van der Waals surface area contributed by atoms with Crippen molar-refractivity contribution in [3.05, 3.63) is 20.2 Å². The maximum Gasteiger partial charge on any atom is 0.286 e. The third-order valence-electron chi connectivity index (χ3n) is 1.86. The molecule has 11 nitrogen and oxygen atoms in total. The summed E-state index contributed by atoms with van der Waals surface area (Å²) in [4.78, 5) is 21.1. The lowest BCUT2D eigenvalue weighted by Gasteiger charge is -2.19. The number of nitro groups is 2. The standard InChI is InChI=1S/C4H4N6O5/c11-9(12)7-1-2-8(10(13)14)4-3(7)5-15-6-4/h1-2H2. The molecule has 0 aliphatic carbocycles. The SMILES string of the molecule is O=[N+]([O-])N1CCN([N+](=O)[O-])c2nonc21. The minimum atomic E-state index is -0.722. The molecular formula is C4H4N6O5. The second kappa shape index (κ2) is 3.04. The van der Waals surface area contributed by atoms with Gasteiger partial charge in [-0.2, -0.15) is 0 Å². The zero-order chi connectivity index (χ0) is 11.0. The van der Waals surface area contributed by atoms with Gasteiger partial charge in [0, 0.05) is 0 Å². The largest absolute Gasteiger partial charge is 0.286 e. The van der Waals surface area contributed by atoms with E-state index in [2.05, 4.69) is 14.9 Å². The van der Waals surface area contributed by atoms with Gasteiger partial charge in [-0.25, -0.2) is 24.9 Å². The van der Waals surface area contributed by atoms with Crippen LogP contribution >= 0.6 is 0 Å². The summed E-state index contributed by atoms with van der Waals surface area (Å²) in [5.41, 5.74) is 0. The molecule has 1 aromatic rings. The number of anilines is 2. The number of hydrogen-bond donors (Lipinski definition) is 0. The molecule has 0 radical (unpaired) electrons. The Morgan fingerprint density at radius 1 is 1.07 bits per heavy atom. The van der Waals surface area contributed by atoms with Crippen molar-refractivity contribution >= 4 is 11.6 Å². The van der Waals surface area contributed by atoms with E-state index in [1.807, 2.05) is 0 Å². The summed E-state index contributed by atoms with van der Waals surface area (Å²) < 4.78 is 4.24. The van der Waals surface area contributed by atoms with Crippen LogP contribution in [0, 0.1) is 20.2 Å². The Balaban J connectivity index is 2.41. The van der Waals surface area contributed by atoms with E-state index in [-0.39, 0.29) is 24.7 Å². The van der Waals surface area contributed by atoms with Crippen LogP contribution in [-0.4, -0.2) is 33.5 Å². The van der Waals surface area contributed by atoms with Gasteiger partial charge in [0.25, 0.3) is 11.6 Å². The number of hydrazine groups is 2. The Morgan fingerprint density at radius 2 is 1.47 bits per heavy atom. The lowest BCUT2D eigenvalue weighted by molar-refractivity contribution is -0.510. The van der Waals surface area contributed by atoms with Gasteiger partial charge in [0.15, 0.2) is 10.1 Å². The average Bonchev–Trinajstić information content (AvgIpc) is 2.63. The van der Waals surface area contributed by atoms with Crippen molar-refractivity contribution in [1.82, 2.24) is 10.3 Å². The fourth-order valence-electron chi connectivity index (χ4n) is 1.22. The highest BCUT2D eigenvalue weighted by atomic mass is 16.7. The highest BCUT2D eigenvalue weighted by Gasteiger charge is 2.40. The molecule has 0 unspecified atom stereocenters. The van der Waals surface area contributed by atoms with E-state index in [0.717, 1.165) is 0 Å². The van der Waals surface area contributed by atoms with Crippen molar-refractivity contribution < 1.29 is 14.7 Å². The van der Waals surface area contributed by atoms with Crippen LogP contribution in [0.3, 0.4) is 0 Å². The topological polar surface area (TPSA) is 132 Å². The van der Waals surface area contributed by atoms with Crippen LogP contribution in [0.1, 0.15) is 0 Å². The van der Waals surface area contributed by atoms with Crippen LogP contribution < -0.4 is 10.0 Å². The molecule has 2 heterocycles. The minimum absolute atomic E-state index is 0.158. The van der Waals surface area contributed by atoms with Gasteiger partial charge in [-0.05, 0) is 10.3 Å². The monoisotopic (exact) mass is 216 g/mol. The van der Waals surface area contributed by atoms with Crippen molar-refractivity contribution in [2.75, 3.05) is 23.1 Å². The normalized spacial score (nSPS) is 14.9. The van der Waals surface area contributed by atoms with E-state index in [0.29, 0.717) is 10.0 Å². The Morgan fingerprint density at radius 3 is 1.80 bits per heavy atom. The molecule has 0 saturated heterocycles. The fraction of sp³-hybridized carbons (Fsp3) is 0.500. The third kappa shape index (κ3) is 1.29. The number of aromatic nitrogens is 2. The molecule has 0 bridgehead atoms. The predicted molar refractivity (Wildman–Crippen MR) is 43.0 cm³/mol. The van der Waals surface area contributed by atoms with Crippen molar-refractivity contribution in [3.63, 3.8) is 0 Å². The van der Waals surface area contributed by atoms with E-state index < -0.39 is 10.1 Å². The Labute approximate surface area is 81.1 Å². The predicted octanol–water partition coefficient (Wildman–Crippen LogP) is -0.921. The van der Waals surface area contributed by atoms with Gasteiger partial charge in [-0.1, -0.05) is 10.0 Å². The van der Waals surface area contributed by atoms with Gasteiger partial charge < -0.3 is 0 Å². The minimum Gasteiger partial charge on any atom is -0.240 e. The fourth-order valence-corrected chi connectivity index (χ4v) is 1.22. The summed E-state index contributed by atoms with van der Waals surface area (Å²) in [5, 5.41) is 27.4. The summed E-state index contributed by atoms with van der Waals surface area (Å²) in [6.45, 7) is -0.315. The molecule has 0 fully saturated rings. The first-order valence-corrected chi connectivity index (χ1v) is 3.77. The molecule has 0 aromatic carbocycles. The van der Waals surface area contributed by atoms with Crippen LogP contribution in [0.4, 0.5) is 11.6 Å². The molecule has 0 N–H and O–H groups in total. The molecule has 0 atom stereocenters. The maximum absolute atomic E-state index is 10.5. The number of fused-ring (bicyclic) bond motifs is 1. The van der Waals surface area contributed by atoms with Gasteiger partial charge in [0.05, 0.1) is 0 Å². The molecule has 80 valence electrons. The van der Waals surface area contributed by atoms with Crippen LogP contribution in [0.15, 0.2) is 4.63 Å². The Kier molecular flexibility index (Phi) is 1.85. The number of rotatable bonds is 2. The van der Waals surface area contributed by atoms with Crippen LogP contribution in [0.5, 0.6) is 0 Å². The van der Waals surface area contributed by atoms with E-state index in [9.17, 15) is 20.2 Å². The Bertz CT molecular complexity index is 379. The molecule has 1 aromatic heterocycles. The summed E-state index contributed by atoms with van der Waals surface area (Å²) >= 11 is 0. The van der Waals surface area contributed by atoms with Crippen LogP contribution in [0.2, 0.25) is 0 Å². The molecule has 11 heteroatoms. The summed E-state index contributed by atoms with van der Waals surface area (Å²) in [6.07, 6.45) is 0. The van der Waals surface area contributed by atoms with Gasteiger partial charge in [-0.15, -0.1) is 0 Å². The molecule has 1 aliphatic rings. The van der Waals surface area contributed by atoms with Crippen molar-refractivity contribution in [2.24, 2.45) is 0 Å². The number of hydrogen-bond acceptors (Lipinski definition) is 7. The lowest BCUT2D eigenvalue weighted by atomic mass is 10.4. The molecule has 1 aliphatic heterocycles. The van der Waals surface area contributed by atoms with Gasteiger partial charge >= 0.3 is 0 Å². The molecule has 2 rings (SSSR count). The van der Waals surface area contributed by atoms with Crippen molar-refractivity contribution in [3.8, 4) is 0 Å².